The number of rotatable bonds is 2. The second-order valence-electron chi connectivity index (χ2n) is 6.23. The minimum Gasteiger partial charge on any atom is -0.292 e. The molecule has 2 aromatic heterocycles. The van der Waals surface area contributed by atoms with Crippen LogP contribution in [0.25, 0.3) is 5.78 Å². The standard InChI is InChI=1S/C15H17N3O3S/c19-14(13-9-17-15-16-5-2-6-18(13)15)10-7-11-3-1-4-12(8-10)22(11,20)21/h2,5-6,9-12H,1,3-4,7-8H2. The smallest absolute Gasteiger partial charge is 0.234 e. The zero-order chi connectivity index (χ0) is 15.3. The summed E-state index contributed by atoms with van der Waals surface area (Å²) in [5.74, 6) is 0.265. The Labute approximate surface area is 128 Å². The van der Waals surface area contributed by atoms with Gasteiger partial charge in [0.25, 0.3) is 0 Å². The zero-order valence-electron chi connectivity index (χ0n) is 12.1. The summed E-state index contributed by atoms with van der Waals surface area (Å²) in [6.45, 7) is 0. The van der Waals surface area contributed by atoms with E-state index in [0.717, 1.165) is 6.42 Å². The molecule has 22 heavy (non-hydrogen) atoms. The number of aromatic nitrogens is 3. The highest BCUT2D eigenvalue weighted by atomic mass is 32.2. The molecule has 4 heterocycles. The first-order chi connectivity index (χ1) is 10.6. The molecular formula is C15H17N3O3S. The van der Waals surface area contributed by atoms with Gasteiger partial charge in [-0.1, -0.05) is 6.42 Å². The van der Waals surface area contributed by atoms with Crippen molar-refractivity contribution in [3.63, 3.8) is 0 Å². The van der Waals surface area contributed by atoms with Crippen molar-refractivity contribution in [3.8, 4) is 0 Å². The molecule has 2 aliphatic rings. The number of imidazole rings is 1. The van der Waals surface area contributed by atoms with Gasteiger partial charge in [-0.05, 0) is 31.7 Å². The van der Waals surface area contributed by atoms with Crippen LogP contribution in [0.3, 0.4) is 0 Å². The summed E-state index contributed by atoms with van der Waals surface area (Å²) in [5, 5.41) is -0.683. The largest absolute Gasteiger partial charge is 0.292 e. The van der Waals surface area contributed by atoms with Crippen molar-refractivity contribution in [2.45, 2.75) is 42.6 Å². The molecule has 2 saturated heterocycles. The molecule has 0 radical (unpaired) electrons. The van der Waals surface area contributed by atoms with Gasteiger partial charge in [0, 0.05) is 18.3 Å². The molecule has 0 saturated carbocycles. The molecule has 2 fully saturated rings. The molecule has 0 aliphatic carbocycles. The minimum absolute atomic E-state index is 0.00713. The maximum Gasteiger partial charge on any atom is 0.234 e. The summed E-state index contributed by atoms with van der Waals surface area (Å²) in [4.78, 5) is 21.1. The molecule has 116 valence electrons. The SMILES string of the molecule is O=C(c1cnc2ncccn12)C1CC2CCCC(C1)S2(=O)=O. The van der Waals surface area contributed by atoms with Crippen molar-refractivity contribution in [1.29, 1.82) is 0 Å². The first-order valence-corrected chi connectivity index (χ1v) is 9.23. The maximum absolute atomic E-state index is 12.8. The second kappa shape index (κ2) is 4.87. The van der Waals surface area contributed by atoms with Gasteiger partial charge in [0.1, 0.15) is 5.69 Å². The van der Waals surface area contributed by atoms with Crippen molar-refractivity contribution >= 4 is 21.4 Å². The van der Waals surface area contributed by atoms with Gasteiger partial charge in [-0.25, -0.2) is 18.4 Å². The molecule has 0 aromatic carbocycles. The van der Waals surface area contributed by atoms with Gasteiger partial charge in [0.05, 0.1) is 16.7 Å². The average Bonchev–Trinajstić information content (AvgIpc) is 2.89. The van der Waals surface area contributed by atoms with Crippen LogP contribution in [0.5, 0.6) is 0 Å². The quantitative estimate of drug-likeness (QED) is 0.786. The van der Waals surface area contributed by atoms with E-state index >= 15 is 0 Å². The van der Waals surface area contributed by atoms with Crippen LogP contribution in [-0.2, 0) is 9.84 Å². The third-order valence-electron chi connectivity index (χ3n) is 4.99. The summed E-state index contributed by atoms with van der Waals surface area (Å²) >= 11 is 0. The number of ketones is 1. The van der Waals surface area contributed by atoms with Gasteiger partial charge in [-0.3, -0.25) is 9.20 Å². The summed E-state index contributed by atoms with van der Waals surface area (Å²) in [5.41, 5.74) is 0.505. The average molecular weight is 319 g/mol. The van der Waals surface area contributed by atoms with Crippen molar-refractivity contribution in [2.24, 2.45) is 5.92 Å². The van der Waals surface area contributed by atoms with Crippen LogP contribution >= 0.6 is 0 Å². The number of carbonyl (C=O) groups excluding carboxylic acids is 1. The number of carbonyl (C=O) groups is 1. The Morgan fingerprint density at radius 1 is 1.18 bits per heavy atom. The Hall–Kier alpha value is -1.76. The van der Waals surface area contributed by atoms with Gasteiger partial charge in [-0.2, -0.15) is 0 Å². The lowest BCUT2D eigenvalue weighted by molar-refractivity contribution is 0.0888. The number of nitrogens with zero attached hydrogens (tertiary/aromatic N) is 3. The molecule has 6 nitrogen and oxygen atoms in total. The lowest BCUT2D eigenvalue weighted by Gasteiger charge is -2.37. The molecular weight excluding hydrogens is 302 g/mol. The summed E-state index contributed by atoms with van der Waals surface area (Å²) in [6, 6.07) is 1.76. The Morgan fingerprint density at radius 2 is 1.91 bits per heavy atom. The normalized spacial score (nSPS) is 30.3. The lowest BCUT2D eigenvalue weighted by atomic mass is 9.86. The Kier molecular flexibility index (Phi) is 3.07. The molecule has 2 unspecified atom stereocenters. The summed E-state index contributed by atoms with van der Waals surface area (Å²) in [6.07, 6.45) is 8.18. The van der Waals surface area contributed by atoms with Crippen molar-refractivity contribution in [2.75, 3.05) is 0 Å². The number of hydrogen-bond donors (Lipinski definition) is 0. The molecule has 2 atom stereocenters. The Bertz CT molecular complexity index is 823. The van der Waals surface area contributed by atoms with E-state index in [1.807, 2.05) is 0 Å². The molecule has 2 bridgehead atoms. The minimum atomic E-state index is -3.03. The van der Waals surface area contributed by atoms with E-state index in [-0.39, 0.29) is 22.2 Å². The monoisotopic (exact) mass is 319 g/mol. The van der Waals surface area contributed by atoms with Crippen LogP contribution in [0.4, 0.5) is 0 Å². The van der Waals surface area contributed by atoms with Crippen LogP contribution in [0, 0.1) is 5.92 Å². The number of sulfone groups is 1. The molecule has 7 heteroatoms. The predicted molar refractivity (Wildman–Crippen MR) is 80.4 cm³/mol. The second-order valence-corrected chi connectivity index (χ2v) is 8.74. The van der Waals surface area contributed by atoms with Crippen LogP contribution in [0.15, 0.2) is 24.7 Å². The third-order valence-corrected chi connectivity index (χ3v) is 7.70. The molecule has 0 spiro atoms. The van der Waals surface area contributed by atoms with Crippen molar-refractivity contribution < 1.29 is 13.2 Å². The van der Waals surface area contributed by atoms with E-state index in [1.54, 1.807) is 29.1 Å². The molecule has 2 aromatic rings. The van der Waals surface area contributed by atoms with Gasteiger partial charge in [0.15, 0.2) is 15.6 Å². The zero-order valence-corrected chi connectivity index (χ0v) is 12.9. The van der Waals surface area contributed by atoms with E-state index in [9.17, 15) is 13.2 Å². The van der Waals surface area contributed by atoms with E-state index in [0.29, 0.717) is 37.2 Å². The molecule has 4 rings (SSSR count). The Balaban J connectivity index is 1.67. The van der Waals surface area contributed by atoms with Gasteiger partial charge < -0.3 is 0 Å². The molecule has 0 amide bonds. The first-order valence-electron chi connectivity index (χ1n) is 7.62. The number of hydrogen-bond acceptors (Lipinski definition) is 5. The highest BCUT2D eigenvalue weighted by molar-refractivity contribution is 7.92. The number of fused-ring (bicyclic) bond motifs is 3. The topological polar surface area (TPSA) is 81.4 Å². The maximum atomic E-state index is 12.8. The van der Waals surface area contributed by atoms with Gasteiger partial charge in [-0.15, -0.1) is 0 Å². The summed E-state index contributed by atoms with van der Waals surface area (Å²) < 4.78 is 26.3. The molecule has 2 aliphatic heterocycles. The van der Waals surface area contributed by atoms with Gasteiger partial charge >= 0.3 is 0 Å². The van der Waals surface area contributed by atoms with E-state index < -0.39 is 9.84 Å². The van der Waals surface area contributed by atoms with Crippen molar-refractivity contribution in [1.82, 2.24) is 14.4 Å². The highest BCUT2D eigenvalue weighted by Gasteiger charge is 2.46. The fraction of sp³-hybridized carbons (Fsp3) is 0.533. The summed E-state index contributed by atoms with van der Waals surface area (Å²) in [7, 11) is -3.03. The van der Waals surface area contributed by atoms with E-state index in [2.05, 4.69) is 9.97 Å². The lowest BCUT2D eigenvalue weighted by Crippen LogP contribution is -2.45. The molecule has 0 N–H and O–H groups in total. The predicted octanol–water partition coefficient (Wildman–Crippen LogP) is 1.66. The van der Waals surface area contributed by atoms with E-state index in [1.165, 1.54) is 0 Å². The fourth-order valence-electron chi connectivity index (χ4n) is 3.84. The third kappa shape index (κ3) is 1.99. The highest BCUT2D eigenvalue weighted by Crippen LogP contribution is 2.40. The van der Waals surface area contributed by atoms with Crippen LogP contribution < -0.4 is 0 Å². The van der Waals surface area contributed by atoms with E-state index in [4.69, 9.17) is 0 Å². The van der Waals surface area contributed by atoms with Crippen molar-refractivity contribution in [3.05, 3.63) is 30.4 Å². The first kappa shape index (κ1) is 13.9. The van der Waals surface area contributed by atoms with Crippen LogP contribution in [0.2, 0.25) is 0 Å². The number of Topliss-reactive ketones (excluding diaryl/α,β-unsaturated/α-hetero) is 1. The van der Waals surface area contributed by atoms with Gasteiger partial charge in [0.2, 0.25) is 5.78 Å². The Morgan fingerprint density at radius 3 is 2.64 bits per heavy atom. The van der Waals surface area contributed by atoms with Crippen LogP contribution in [0.1, 0.15) is 42.6 Å². The fourth-order valence-corrected chi connectivity index (χ4v) is 6.38. The van der Waals surface area contributed by atoms with Crippen LogP contribution in [-0.4, -0.2) is 39.1 Å².